The fourth-order valence-electron chi connectivity index (χ4n) is 3.52. The van der Waals surface area contributed by atoms with Crippen LogP contribution in [0.25, 0.3) is 0 Å². The number of ether oxygens (including phenoxy) is 1. The minimum Gasteiger partial charge on any atom is -0.378 e. The molecule has 3 aliphatic rings. The molecule has 1 unspecified atom stereocenters. The molecule has 1 aromatic rings. The van der Waals surface area contributed by atoms with Crippen molar-refractivity contribution in [3.63, 3.8) is 0 Å². The van der Waals surface area contributed by atoms with Gasteiger partial charge in [-0.15, -0.1) is 0 Å². The van der Waals surface area contributed by atoms with E-state index in [1.54, 1.807) is 0 Å². The zero-order valence-corrected chi connectivity index (χ0v) is 12.6. The van der Waals surface area contributed by atoms with Crippen LogP contribution in [0.5, 0.6) is 0 Å². The van der Waals surface area contributed by atoms with Gasteiger partial charge >= 0.3 is 0 Å². The lowest BCUT2D eigenvalue weighted by Crippen LogP contribution is -2.51. The van der Waals surface area contributed by atoms with Crippen LogP contribution in [0.1, 0.15) is 12.8 Å². The van der Waals surface area contributed by atoms with E-state index in [0.29, 0.717) is 6.04 Å². The second-order valence-electron chi connectivity index (χ2n) is 6.46. The molecular weight excluding hydrogens is 262 g/mol. The van der Waals surface area contributed by atoms with E-state index in [-0.39, 0.29) is 0 Å². The van der Waals surface area contributed by atoms with Crippen LogP contribution in [0.4, 0.5) is 11.4 Å². The Morgan fingerprint density at radius 2 is 1.57 bits per heavy atom. The average Bonchev–Trinajstić information content (AvgIpc) is 3.41. The maximum Gasteiger partial charge on any atom is 0.0642 e. The van der Waals surface area contributed by atoms with Crippen LogP contribution >= 0.6 is 0 Å². The summed E-state index contributed by atoms with van der Waals surface area (Å²) in [6.07, 6.45) is 2.84. The summed E-state index contributed by atoms with van der Waals surface area (Å²) in [4.78, 5) is 4.96. The van der Waals surface area contributed by atoms with Gasteiger partial charge in [-0.05, 0) is 43.0 Å². The molecule has 4 nitrogen and oxygen atoms in total. The third kappa shape index (κ3) is 3.01. The summed E-state index contributed by atoms with van der Waals surface area (Å²) in [5, 5.41) is 3.68. The fraction of sp³-hybridized carbons (Fsp3) is 0.647. The number of piperazine rings is 1. The number of nitrogens with one attached hydrogen (secondary N) is 1. The van der Waals surface area contributed by atoms with Crippen molar-refractivity contribution in [3.05, 3.63) is 24.3 Å². The van der Waals surface area contributed by atoms with E-state index in [2.05, 4.69) is 39.4 Å². The molecule has 0 bridgehead atoms. The SMILES string of the molecule is c1cc(N2CCNC(C3CC3)C2)ccc1N1CCOCC1. The van der Waals surface area contributed by atoms with Crippen LogP contribution in [0.2, 0.25) is 0 Å². The summed E-state index contributed by atoms with van der Waals surface area (Å²) in [5.41, 5.74) is 2.70. The molecule has 1 aromatic carbocycles. The van der Waals surface area contributed by atoms with E-state index in [0.717, 1.165) is 45.3 Å². The van der Waals surface area contributed by atoms with Gasteiger partial charge in [-0.25, -0.2) is 0 Å². The van der Waals surface area contributed by atoms with Crippen molar-refractivity contribution in [2.24, 2.45) is 5.92 Å². The third-order valence-corrected chi connectivity index (χ3v) is 4.99. The molecule has 1 N–H and O–H groups in total. The predicted octanol–water partition coefficient (Wildman–Crippen LogP) is 1.71. The van der Waals surface area contributed by atoms with Crippen molar-refractivity contribution in [2.45, 2.75) is 18.9 Å². The molecule has 3 fully saturated rings. The minimum absolute atomic E-state index is 0.706. The Balaban J connectivity index is 1.42. The smallest absolute Gasteiger partial charge is 0.0642 e. The standard InChI is InChI=1S/C17H25N3O/c1-2-14(1)17-13-20(8-7-18-17)16-5-3-15(4-6-16)19-9-11-21-12-10-19/h3-6,14,17-18H,1-2,7-13H2. The number of benzene rings is 1. The topological polar surface area (TPSA) is 27.7 Å². The molecule has 1 saturated carbocycles. The monoisotopic (exact) mass is 287 g/mol. The van der Waals surface area contributed by atoms with Gasteiger partial charge in [-0.3, -0.25) is 0 Å². The van der Waals surface area contributed by atoms with Gasteiger partial charge in [-0.1, -0.05) is 0 Å². The summed E-state index contributed by atoms with van der Waals surface area (Å²) in [5.74, 6) is 0.931. The van der Waals surface area contributed by atoms with Crippen molar-refractivity contribution in [1.29, 1.82) is 0 Å². The molecule has 1 aliphatic carbocycles. The lowest BCUT2D eigenvalue weighted by Gasteiger charge is -2.36. The molecule has 2 aliphatic heterocycles. The van der Waals surface area contributed by atoms with Crippen LogP contribution in [0.3, 0.4) is 0 Å². The second-order valence-corrected chi connectivity index (χ2v) is 6.46. The minimum atomic E-state index is 0.706. The van der Waals surface area contributed by atoms with E-state index >= 15 is 0 Å². The molecule has 21 heavy (non-hydrogen) atoms. The normalized spacial score (nSPS) is 27.0. The molecule has 0 aromatic heterocycles. The predicted molar refractivity (Wildman–Crippen MR) is 86.2 cm³/mol. The van der Waals surface area contributed by atoms with Crippen LogP contribution in [-0.4, -0.2) is 52.0 Å². The fourth-order valence-corrected chi connectivity index (χ4v) is 3.52. The lowest BCUT2D eigenvalue weighted by atomic mass is 10.1. The number of morpholine rings is 1. The van der Waals surface area contributed by atoms with Gasteiger partial charge in [0.25, 0.3) is 0 Å². The van der Waals surface area contributed by atoms with Crippen molar-refractivity contribution in [3.8, 4) is 0 Å². The molecular formula is C17H25N3O. The number of anilines is 2. The Hall–Kier alpha value is -1.26. The van der Waals surface area contributed by atoms with E-state index in [9.17, 15) is 0 Å². The summed E-state index contributed by atoms with van der Waals surface area (Å²) < 4.78 is 5.42. The molecule has 0 radical (unpaired) electrons. The van der Waals surface area contributed by atoms with Gasteiger partial charge in [0.1, 0.15) is 0 Å². The third-order valence-electron chi connectivity index (χ3n) is 4.99. The molecule has 2 saturated heterocycles. The molecule has 0 amide bonds. The van der Waals surface area contributed by atoms with Gasteiger partial charge in [0.2, 0.25) is 0 Å². The van der Waals surface area contributed by atoms with Gasteiger partial charge in [-0.2, -0.15) is 0 Å². The van der Waals surface area contributed by atoms with Gasteiger partial charge in [0.05, 0.1) is 13.2 Å². The quantitative estimate of drug-likeness (QED) is 0.916. The first-order chi connectivity index (χ1) is 10.4. The first-order valence-electron chi connectivity index (χ1n) is 8.31. The van der Waals surface area contributed by atoms with Crippen molar-refractivity contribution >= 4 is 11.4 Å². The second kappa shape index (κ2) is 5.85. The molecule has 4 heteroatoms. The molecule has 0 spiro atoms. The maximum absolute atomic E-state index is 5.42. The van der Waals surface area contributed by atoms with Crippen molar-refractivity contribution < 1.29 is 4.74 Å². The lowest BCUT2D eigenvalue weighted by molar-refractivity contribution is 0.122. The van der Waals surface area contributed by atoms with Crippen molar-refractivity contribution in [1.82, 2.24) is 5.32 Å². The average molecular weight is 287 g/mol. The summed E-state index contributed by atoms with van der Waals surface area (Å²) in [7, 11) is 0. The van der Waals surface area contributed by atoms with E-state index in [1.807, 2.05) is 0 Å². The summed E-state index contributed by atoms with van der Waals surface area (Å²) in [6, 6.07) is 9.83. The van der Waals surface area contributed by atoms with Gasteiger partial charge in [0, 0.05) is 50.1 Å². The molecule has 1 atom stereocenters. The Morgan fingerprint density at radius 3 is 2.24 bits per heavy atom. The number of hydrogen-bond donors (Lipinski definition) is 1. The number of hydrogen-bond acceptors (Lipinski definition) is 4. The van der Waals surface area contributed by atoms with Crippen LogP contribution in [-0.2, 0) is 4.74 Å². The highest BCUT2D eigenvalue weighted by Gasteiger charge is 2.34. The Bertz CT molecular complexity index is 465. The van der Waals surface area contributed by atoms with E-state index in [1.165, 1.54) is 30.8 Å². The van der Waals surface area contributed by atoms with Crippen LogP contribution in [0, 0.1) is 5.92 Å². The highest BCUT2D eigenvalue weighted by molar-refractivity contribution is 5.57. The summed E-state index contributed by atoms with van der Waals surface area (Å²) in [6.45, 7) is 7.13. The van der Waals surface area contributed by atoms with E-state index < -0.39 is 0 Å². The van der Waals surface area contributed by atoms with Crippen LogP contribution < -0.4 is 15.1 Å². The molecule has 114 valence electrons. The first-order valence-corrected chi connectivity index (χ1v) is 8.31. The Kier molecular flexibility index (Phi) is 3.74. The first kappa shape index (κ1) is 13.4. The maximum atomic E-state index is 5.42. The van der Waals surface area contributed by atoms with Gasteiger partial charge in [0.15, 0.2) is 0 Å². The number of rotatable bonds is 3. The molecule has 4 rings (SSSR count). The van der Waals surface area contributed by atoms with E-state index in [4.69, 9.17) is 4.74 Å². The highest BCUT2D eigenvalue weighted by atomic mass is 16.5. The zero-order valence-electron chi connectivity index (χ0n) is 12.6. The van der Waals surface area contributed by atoms with Crippen molar-refractivity contribution in [2.75, 3.05) is 55.7 Å². The van der Waals surface area contributed by atoms with Crippen LogP contribution in [0.15, 0.2) is 24.3 Å². The Morgan fingerprint density at radius 1 is 0.905 bits per heavy atom. The Labute approximate surface area is 127 Å². The largest absolute Gasteiger partial charge is 0.378 e. The molecule has 2 heterocycles. The highest BCUT2D eigenvalue weighted by Crippen LogP contribution is 2.34. The van der Waals surface area contributed by atoms with Gasteiger partial charge < -0.3 is 19.9 Å². The summed E-state index contributed by atoms with van der Waals surface area (Å²) >= 11 is 0. The number of nitrogens with zero attached hydrogens (tertiary/aromatic N) is 2. The zero-order chi connectivity index (χ0) is 14.1.